The number of nitrogens with two attached hydrogens (primary N) is 1. The van der Waals surface area contributed by atoms with Crippen LogP contribution in [0, 0.1) is 5.92 Å². The number of hydrogen-bond donors (Lipinski definition) is 2. The van der Waals surface area contributed by atoms with Crippen molar-refractivity contribution in [3.05, 3.63) is 29.8 Å². The van der Waals surface area contributed by atoms with Crippen LogP contribution in [0.3, 0.4) is 0 Å². The van der Waals surface area contributed by atoms with Crippen molar-refractivity contribution in [3.8, 4) is 0 Å². The molecule has 0 aliphatic carbocycles. The molecule has 1 aliphatic heterocycles. The Kier molecular flexibility index (Phi) is 8.17. The fourth-order valence-electron chi connectivity index (χ4n) is 2.74. The lowest BCUT2D eigenvalue weighted by Gasteiger charge is -2.12. The van der Waals surface area contributed by atoms with Gasteiger partial charge in [0.05, 0.1) is 0 Å². The molecule has 1 fully saturated rings. The Morgan fingerprint density at radius 1 is 1.45 bits per heavy atom. The van der Waals surface area contributed by atoms with Crippen LogP contribution in [0.2, 0.25) is 0 Å². The number of nitrogens with zero attached hydrogens (tertiary/aromatic N) is 2. The molecule has 1 aliphatic rings. The number of hydrogen-bond acceptors (Lipinski definition) is 2. The van der Waals surface area contributed by atoms with Crippen LogP contribution in [-0.4, -0.2) is 37.0 Å². The molecule has 1 unspecified atom stereocenters. The van der Waals surface area contributed by atoms with E-state index in [1.54, 1.807) is 0 Å². The molecule has 0 bridgehead atoms. The number of guanidine groups is 1. The van der Waals surface area contributed by atoms with Gasteiger partial charge in [0.15, 0.2) is 5.96 Å². The molecule has 0 saturated carbocycles. The Labute approximate surface area is 151 Å². The van der Waals surface area contributed by atoms with E-state index in [-0.39, 0.29) is 24.0 Å². The molecule has 1 atom stereocenters. The van der Waals surface area contributed by atoms with Crippen molar-refractivity contribution in [2.24, 2.45) is 16.6 Å². The van der Waals surface area contributed by atoms with Gasteiger partial charge >= 0.3 is 0 Å². The van der Waals surface area contributed by atoms with Crippen LogP contribution in [0.15, 0.2) is 29.3 Å². The molecule has 5 heteroatoms. The second kappa shape index (κ2) is 9.35. The second-order valence-electron chi connectivity index (χ2n) is 6.18. The minimum atomic E-state index is 0. The first kappa shape index (κ1) is 19.2. The molecule has 1 aromatic carbocycles. The highest BCUT2D eigenvalue weighted by Gasteiger charge is 2.20. The first-order chi connectivity index (χ1) is 10.1. The SMILES string of the molecule is CCN1CCC(CN=C(N)Nc2cccc(C(C)C)c2)C1.I. The van der Waals surface area contributed by atoms with Crippen molar-refractivity contribution in [2.45, 2.75) is 33.1 Å². The lowest BCUT2D eigenvalue weighted by Crippen LogP contribution is -2.25. The fraction of sp³-hybridized carbons (Fsp3) is 0.588. The lowest BCUT2D eigenvalue weighted by molar-refractivity contribution is 0.344. The Morgan fingerprint density at radius 2 is 2.23 bits per heavy atom. The number of likely N-dealkylation sites (tertiary alicyclic amines) is 1. The highest BCUT2D eigenvalue weighted by atomic mass is 127. The van der Waals surface area contributed by atoms with Gasteiger partial charge in [-0.25, -0.2) is 0 Å². The Balaban J connectivity index is 0.00000242. The highest BCUT2D eigenvalue weighted by molar-refractivity contribution is 14.0. The Bertz CT molecular complexity index is 487. The van der Waals surface area contributed by atoms with Crippen LogP contribution in [0.5, 0.6) is 0 Å². The Hall–Kier alpha value is -0.820. The summed E-state index contributed by atoms with van der Waals surface area (Å²) in [6, 6.07) is 8.37. The van der Waals surface area contributed by atoms with Crippen molar-refractivity contribution in [1.82, 2.24) is 4.90 Å². The molecule has 3 N–H and O–H groups in total. The Morgan fingerprint density at radius 3 is 2.86 bits per heavy atom. The molecule has 124 valence electrons. The van der Waals surface area contributed by atoms with Crippen molar-refractivity contribution in [1.29, 1.82) is 0 Å². The van der Waals surface area contributed by atoms with Gasteiger partial charge in [-0.2, -0.15) is 0 Å². The van der Waals surface area contributed by atoms with Gasteiger partial charge in [0.1, 0.15) is 0 Å². The van der Waals surface area contributed by atoms with E-state index in [0.29, 0.717) is 17.8 Å². The summed E-state index contributed by atoms with van der Waals surface area (Å²) in [5.74, 6) is 1.68. The number of aliphatic imine (C=N–C) groups is 1. The van der Waals surface area contributed by atoms with Crippen LogP contribution in [0.25, 0.3) is 0 Å². The highest BCUT2D eigenvalue weighted by Crippen LogP contribution is 2.19. The maximum atomic E-state index is 6.00. The normalized spacial score (nSPS) is 19.3. The molecule has 1 aromatic rings. The molecule has 2 rings (SSSR count). The summed E-state index contributed by atoms with van der Waals surface area (Å²) >= 11 is 0. The molecule has 0 amide bonds. The van der Waals surface area contributed by atoms with Crippen LogP contribution in [0.4, 0.5) is 5.69 Å². The molecular formula is C17H29IN4. The van der Waals surface area contributed by atoms with E-state index in [4.69, 9.17) is 5.73 Å². The third-order valence-electron chi connectivity index (χ3n) is 4.16. The second-order valence-corrected chi connectivity index (χ2v) is 6.18. The quantitative estimate of drug-likeness (QED) is 0.439. The minimum Gasteiger partial charge on any atom is -0.370 e. The van der Waals surface area contributed by atoms with Gasteiger partial charge in [-0.05, 0) is 49.0 Å². The standard InChI is InChI=1S/C17H28N4.HI/c1-4-21-9-8-14(12-21)11-19-17(18)20-16-7-5-6-15(10-16)13(2)3;/h5-7,10,13-14H,4,8-9,11-12H2,1-3H3,(H3,18,19,20);1H. The zero-order chi connectivity index (χ0) is 15.2. The summed E-state index contributed by atoms with van der Waals surface area (Å²) in [4.78, 5) is 6.97. The van der Waals surface area contributed by atoms with Gasteiger partial charge in [-0.3, -0.25) is 4.99 Å². The summed E-state index contributed by atoms with van der Waals surface area (Å²) < 4.78 is 0. The monoisotopic (exact) mass is 416 g/mol. The third-order valence-corrected chi connectivity index (χ3v) is 4.16. The molecule has 1 heterocycles. The first-order valence-corrected chi connectivity index (χ1v) is 7.97. The molecule has 0 spiro atoms. The summed E-state index contributed by atoms with van der Waals surface area (Å²) in [5.41, 5.74) is 8.33. The van der Waals surface area contributed by atoms with Crippen LogP contribution >= 0.6 is 24.0 Å². The molecule has 4 nitrogen and oxygen atoms in total. The number of anilines is 1. The van der Waals surface area contributed by atoms with Crippen molar-refractivity contribution in [3.63, 3.8) is 0 Å². The summed E-state index contributed by atoms with van der Waals surface area (Å²) in [5, 5.41) is 3.20. The number of nitrogens with one attached hydrogen (secondary N) is 1. The van der Waals surface area contributed by atoms with E-state index in [1.807, 2.05) is 6.07 Å². The van der Waals surface area contributed by atoms with Gasteiger partial charge < -0.3 is 16.0 Å². The predicted molar refractivity (Wildman–Crippen MR) is 106 cm³/mol. The smallest absolute Gasteiger partial charge is 0.193 e. The number of benzene rings is 1. The van der Waals surface area contributed by atoms with Gasteiger partial charge in [-0.1, -0.05) is 32.9 Å². The number of rotatable bonds is 5. The average Bonchev–Trinajstić information content (AvgIpc) is 2.93. The summed E-state index contributed by atoms with van der Waals surface area (Å²) in [6.45, 7) is 10.9. The maximum Gasteiger partial charge on any atom is 0.193 e. The van der Waals surface area contributed by atoms with Gasteiger partial charge in [-0.15, -0.1) is 24.0 Å². The van der Waals surface area contributed by atoms with Crippen molar-refractivity contribution < 1.29 is 0 Å². The molecular weight excluding hydrogens is 387 g/mol. The average molecular weight is 416 g/mol. The largest absolute Gasteiger partial charge is 0.370 e. The van der Waals surface area contributed by atoms with E-state index in [0.717, 1.165) is 25.3 Å². The van der Waals surface area contributed by atoms with E-state index in [1.165, 1.54) is 18.5 Å². The maximum absolute atomic E-state index is 6.00. The van der Waals surface area contributed by atoms with Crippen molar-refractivity contribution in [2.75, 3.05) is 31.5 Å². The lowest BCUT2D eigenvalue weighted by atomic mass is 10.0. The zero-order valence-corrected chi connectivity index (χ0v) is 16.2. The molecule has 1 saturated heterocycles. The summed E-state index contributed by atoms with van der Waals surface area (Å²) in [6.07, 6.45) is 1.23. The number of halogens is 1. The predicted octanol–water partition coefficient (Wildman–Crippen LogP) is 3.50. The van der Waals surface area contributed by atoms with Crippen LogP contribution in [-0.2, 0) is 0 Å². The first-order valence-electron chi connectivity index (χ1n) is 7.97. The van der Waals surface area contributed by atoms with E-state index in [2.05, 4.69) is 54.2 Å². The topological polar surface area (TPSA) is 53.6 Å². The minimum absolute atomic E-state index is 0. The van der Waals surface area contributed by atoms with E-state index < -0.39 is 0 Å². The van der Waals surface area contributed by atoms with Gasteiger partial charge in [0.2, 0.25) is 0 Å². The van der Waals surface area contributed by atoms with Crippen LogP contribution < -0.4 is 11.1 Å². The van der Waals surface area contributed by atoms with E-state index in [9.17, 15) is 0 Å². The van der Waals surface area contributed by atoms with Gasteiger partial charge in [0, 0.05) is 18.8 Å². The van der Waals surface area contributed by atoms with E-state index >= 15 is 0 Å². The third kappa shape index (κ3) is 5.76. The molecule has 22 heavy (non-hydrogen) atoms. The fourth-order valence-corrected chi connectivity index (χ4v) is 2.74. The molecule has 0 aromatic heterocycles. The summed E-state index contributed by atoms with van der Waals surface area (Å²) in [7, 11) is 0. The van der Waals surface area contributed by atoms with Crippen molar-refractivity contribution >= 4 is 35.6 Å². The van der Waals surface area contributed by atoms with Gasteiger partial charge in [0.25, 0.3) is 0 Å². The van der Waals surface area contributed by atoms with Crippen LogP contribution in [0.1, 0.15) is 38.7 Å². The molecule has 0 radical (unpaired) electrons. The zero-order valence-electron chi connectivity index (χ0n) is 13.9.